The van der Waals surface area contributed by atoms with Crippen molar-refractivity contribution in [3.05, 3.63) is 54.1 Å². The van der Waals surface area contributed by atoms with Crippen molar-refractivity contribution in [2.45, 2.75) is 18.3 Å². The number of rotatable bonds is 3. The lowest BCUT2D eigenvalue weighted by molar-refractivity contribution is 0.336. The van der Waals surface area contributed by atoms with E-state index in [1.165, 1.54) is 6.07 Å². The molecule has 0 amide bonds. The first-order valence-electron chi connectivity index (χ1n) is 7.22. The second-order valence-electron chi connectivity index (χ2n) is 5.53. The smallest absolute Gasteiger partial charge is 0.225 e. The third-order valence-corrected chi connectivity index (χ3v) is 4.38. The Morgan fingerprint density at radius 1 is 1.14 bits per heavy atom. The summed E-state index contributed by atoms with van der Waals surface area (Å²) in [7, 11) is 0. The molecule has 110 valence electrons. The fourth-order valence-electron chi connectivity index (χ4n) is 3.02. The molecule has 0 bridgehead atoms. The molecule has 1 saturated heterocycles. The molecule has 2 aromatic rings. The van der Waals surface area contributed by atoms with Gasteiger partial charge in [-0.1, -0.05) is 12.1 Å². The molecule has 2 N–H and O–H groups in total. The zero-order valence-corrected chi connectivity index (χ0v) is 11.9. The van der Waals surface area contributed by atoms with E-state index in [1.54, 1.807) is 24.5 Å². The highest BCUT2D eigenvalue weighted by molar-refractivity contribution is 5.34. The number of hydrogen-bond acceptors (Lipinski definition) is 4. The van der Waals surface area contributed by atoms with Crippen LogP contribution < -0.4 is 10.6 Å². The minimum atomic E-state index is -0.200. The summed E-state index contributed by atoms with van der Waals surface area (Å²) in [5, 5.41) is 0. The van der Waals surface area contributed by atoms with Crippen molar-refractivity contribution in [3.8, 4) is 0 Å². The van der Waals surface area contributed by atoms with Crippen LogP contribution in [0.2, 0.25) is 0 Å². The van der Waals surface area contributed by atoms with Crippen LogP contribution in [0.4, 0.5) is 10.3 Å². The van der Waals surface area contributed by atoms with E-state index in [0.717, 1.165) is 37.4 Å². The quantitative estimate of drug-likeness (QED) is 0.939. The van der Waals surface area contributed by atoms with Crippen molar-refractivity contribution < 1.29 is 4.39 Å². The molecular weight excluding hydrogens is 267 g/mol. The van der Waals surface area contributed by atoms with Gasteiger partial charge in [-0.3, -0.25) is 0 Å². The van der Waals surface area contributed by atoms with E-state index in [9.17, 15) is 4.39 Å². The van der Waals surface area contributed by atoms with Gasteiger partial charge in [-0.25, -0.2) is 14.4 Å². The van der Waals surface area contributed by atoms with E-state index >= 15 is 0 Å². The fraction of sp³-hybridized carbons (Fsp3) is 0.375. The van der Waals surface area contributed by atoms with E-state index in [4.69, 9.17) is 5.73 Å². The van der Waals surface area contributed by atoms with Gasteiger partial charge < -0.3 is 10.6 Å². The second kappa shape index (κ2) is 5.77. The Morgan fingerprint density at radius 3 is 2.48 bits per heavy atom. The molecule has 2 heterocycles. The predicted octanol–water partition coefficient (Wildman–Crippen LogP) is 2.11. The van der Waals surface area contributed by atoms with Gasteiger partial charge in [-0.2, -0.15) is 0 Å². The summed E-state index contributed by atoms with van der Waals surface area (Å²) in [6.45, 7) is 2.19. The first-order valence-corrected chi connectivity index (χ1v) is 7.22. The van der Waals surface area contributed by atoms with Crippen molar-refractivity contribution in [3.63, 3.8) is 0 Å². The van der Waals surface area contributed by atoms with Gasteiger partial charge in [0, 0.05) is 37.4 Å². The van der Waals surface area contributed by atoms with Gasteiger partial charge in [0.2, 0.25) is 5.95 Å². The van der Waals surface area contributed by atoms with Crippen molar-refractivity contribution in [1.29, 1.82) is 0 Å². The minimum Gasteiger partial charge on any atom is -0.341 e. The Labute approximate surface area is 123 Å². The standard InChI is InChI=1S/C16H19FN4/c17-14-4-1-3-13(11-14)16(12-18)5-9-21(10-6-16)15-19-7-2-8-20-15/h1-4,7-8,11H,5-6,9-10,12,18H2. The lowest BCUT2D eigenvalue weighted by atomic mass is 9.73. The van der Waals surface area contributed by atoms with Crippen molar-refractivity contribution in [2.24, 2.45) is 5.73 Å². The number of anilines is 1. The van der Waals surface area contributed by atoms with Gasteiger partial charge in [0.1, 0.15) is 5.82 Å². The summed E-state index contributed by atoms with van der Waals surface area (Å²) >= 11 is 0. The Hall–Kier alpha value is -2.01. The van der Waals surface area contributed by atoms with Gasteiger partial charge in [0.25, 0.3) is 0 Å². The van der Waals surface area contributed by atoms with Gasteiger partial charge >= 0.3 is 0 Å². The summed E-state index contributed by atoms with van der Waals surface area (Å²) < 4.78 is 13.5. The molecule has 3 rings (SSSR count). The molecule has 1 aliphatic rings. The van der Waals surface area contributed by atoms with Crippen LogP contribution >= 0.6 is 0 Å². The van der Waals surface area contributed by atoms with Crippen molar-refractivity contribution >= 4 is 5.95 Å². The maximum atomic E-state index is 13.5. The van der Waals surface area contributed by atoms with Crippen LogP contribution in [0.1, 0.15) is 18.4 Å². The number of nitrogens with two attached hydrogens (primary N) is 1. The number of nitrogens with zero attached hydrogens (tertiary/aromatic N) is 3. The monoisotopic (exact) mass is 286 g/mol. The summed E-state index contributed by atoms with van der Waals surface area (Å²) in [6, 6.07) is 8.63. The minimum absolute atomic E-state index is 0.145. The fourth-order valence-corrected chi connectivity index (χ4v) is 3.02. The molecule has 1 fully saturated rings. The maximum absolute atomic E-state index is 13.5. The van der Waals surface area contributed by atoms with E-state index in [2.05, 4.69) is 14.9 Å². The first kappa shape index (κ1) is 13.9. The number of piperidine rings is 1. The Morgan fingerprint density at radius 2 is 1.86 bits per heavy atom. The molecule has 0 spiro atoms. The van der Waals surface area contributed by atoms with Crippen molar-refractivity contribution in [1.82, 2.24) is 9.97 Å². The lowest BCUT2D eigenvalue weighted by Crippen LogP contribution is -2.47. The third-order valence-electron chi connectivity index (χ3n) is 4.38. The van der Waals surface area contributed by atoms with E-state index < -0.39 is 0 Å². The molecule has 0 saturated carbocycles. The van der Waals surface area contributed by atoms with E-state index in [0.29, 0.717) is 6.54 Å². The predicted molar refractivity (Wildman–Crippen MR) is 80.6 cm³/mol. The molecule has 1 aromatic carbocycles. The zero-order chi connectivity index (χ0) is 14.7. The number of halogens is 1. The van der Waals surface area contributed by atoms with Gasteiger partial charge in [-0.15, -0.1) is 0 Å². The van der Waals surface area contributed by atoms with Gasteiger partial charge in [0.05, 0.1) is 0 Å². The van der Waals surface area contributed by atoms with Crippen LogP contribution in [0.25, 0.3) is 0 Å². The molecule has 1 aromatic heterocycles. The molecule has 1 aliphatic heterocycles. The van der Waals surface area contributed by atoms with Gasteiger partial charge in [-0.05, 0) is 36.6 Å². The zero-order valence-electron chi connectivity index (χ0n) is 11.9. The normalized spacial score (nSPS) is 17.7. The first-order chi connectivity index (χ1) is 10.2. The molecule has 5 heteroatoms. The Kier molecular flexibility index (Phi) is 3.84. The molecule has 0 aliphatic carbocycles. The molecule has 0 unspecified atom stereocenters. The number of benzene rings is 1. The molecule has 0 atom stereocenters. The Bertz CT molecular complexity index is 594. The number of aromatic nitrogens is 2. The van der Waals surface area contributed by atoms with E-state index in [-0.39, 0.29) is 11.2 Å². The topological polar surface area (TPSA) is 55.0 Å². The van der Waals surface area contributed by atoms with Crippen LogP contribution in [0.5, 0.6) is 0 Å². The third kappa shape index (κ3) is 2.74. The van der Waals surface area contributed by atoms with Crippen LogP contribution in [0.3, 0.4) is 0 Å². The molecule has 21 heavy (non-hydrogen) atoms. The Balaban J connectivity index is 1.79. The summed E-state index contributed by atoms with van der Waals surface area (Å²) in [5.41, 5.74) is 6.89. The molecular formula is C16H19FN4. The highest BCUT2D eigenvalue weighted by Gasteiger charge is 2.35. The van der Waals surface area contributed by atoms with Crippen LogP contribution in [-0.2, 0) is 5.41 Å². The van der Waals surface area contributed by atoms with Gasteiger partial charge in [0.15, 0.2) is 0 Å². The van der Waals surface area contributed by atoms with Crippen molar-refractivity contribution in [2.75, 3.05) is 24.5 Å². The molecule has 0 radical (unpaired) electrons. The maximum Gasteiger partial charge on any atom is 0.225 e. The number of hydrogen-bond donors (Lipinski definition) is 1. The van der Waals surface area contributed by atoms with Crippen LogP contribution in [0, 0.1) is 5.82 Å². The SMILES string of the molecule is NCC1(c2cccc(F)c2)CCN(c2ncccn2)CC1. The average Bonchev–Trinajstić information content (AvgIpc) is 2.56. The highest BCUT2D eigenvalue weighted by atomic mass is 19.1. The summed E-state index contributed by atoms with van der Waals surface area (Å²) in [4.78, 5) is 10.7. The summed E-state index contributed by atoms with van der Waals surface area (Å²) in [5.74, 6) is 0.552. The largest absolute Gasteiger partial charge is 0.341 e. The lowest BCUT2D eigenvalue weighted by Gasteiger charge is -2.41. The average molecular weight is 286 g/mol. The molecule has 4 nitrogen and oxygen atoms in total. The second-order valence-corrected chi connectivity index (χ2v) is 5.53. The van der Waals surface area contributed by atoms with E-state index in [1.807, 2.05) is 12.1 Å². The van der Waals surface area contributed by atoms with Crippen LogP contribution in [0.15, 0.2) is 42.7 Å². The summed E-state index contributed by atoms with van der Waals surface area (Å²) in [6.07, 6.45) is 5.26. The highest BCUT2D eigenvalue weighted by Crippen LogP contribution is 2.35. The van der Waals surface area contributed by atoms with Crippen LogP contribution in [-0.4, -0.2) is 29.6 Å².